The zero-order chi connectivity index (χ0) is 14.1. The third-order valence-electron chi connectivity index (χ3n) is 3.17. The molecule has 0 saturated carbocycles. The fourth-order valence-electron chi connectivity index (χ4n) is 2.27. The summed E-state index contributed by atoms with van der Waals surface area (Å²) in [5.41, 5.74) is 1.90. The molecule has 3 rings (SSSR count). The predicted octanol–water partition coefficient (Wildman–Crippen LogP) is 3.33. The molecule has 20 heavy (non-hydrogen) atoms. The van der Waals surface area contributed by atoms with Crippen molar-refractivity contribution >= 4 is 39.9 Å². The fraction of sp³-hybridized carbons (Fsp3) is 0.133. The van der Waals surface area contributed by atoms with Crippen molar-refractivity contribution in [3.63, 3.8) is 0 Å². The molecule has 0 aliphatic carbocycles. The van der Waals surface area contributed by atoms with Gasteiger partial charge in [-0.1, -0.05) is 0 Å². The summed E-state index contributed by atoms with van der Waals surface area (Å²) < 4.78 is 5.45. The van der Waals surface area contributed by atoms with Crippen LogP contribution in [-0.4, -0.2) is 29.6 Å². The number of ether oxygens (including phenoxy) is 1. The molecule has 3 aromatic rings. The minimum absolute atomic E-state index is 0.416. The molecule has 0 N–H and O–H groups in total. The second-order valence-electron chi connectivity index (χ2n) is 4.24. The molecule has 0 spiro atoms. The highest BCUT2D eigenvalue weighted by molar-refractivity contribution is 7.98. The molecule has 0 bridgehead atoms. The van der Waals surface area contributed by atoms with E-state index in [9.17, 15) is 4.79 Å². The maximum absolute atomic E-state index is 11.1. The highest BCUT2D eigenvalue weighted by Gasteiger charge is 2.13. The van der Waals surface area contributed by atoms with Crippen LogP contribution in [-0.2, 0) is 0 Å². The summed E-state index contributed by atoms with van der Waals surface area (Å²) in [6.45, 7) is 0. The van der Waals surface area contributed by atoms with Gasteiger partial charge in [-0.3, -0.25) is 9.78 Å². The molecule has 5 heteroatoms. The summed E-state index contributed by atoms with van der Waals surface area (Å²) in [5.74, 6) is 0.761. The van der Waals surface area contributed by atoms with E-state index in [0.29, 0.717) is 5.69 Å². The molecule has 0 fully saturated rings. The van der Waals surface area contributed by atoms with E-state index in [1.807, 2.05) is 24.5 Å². The number of methoxy groups -OCH3 is 1. The second-order valence-corrected chi connectivity index (χ2v) is 5.09. The summed E-state index contributed by atoms with van der Waals surface area (Å²) in [7, 11) is 1.64. The van der Waals surface area contributed by atoms with Crippen molar-refractivity contribution in [1.82, 2.24) is 9.97 Å². The average Bonchev–Trinajstić information content (AvgIpc) is 2.52. The topological polar surface area (TPSA) is 52.1 Å². The van der Waals surface area contributed by atoms with Gasteiger partial charge in [0.05, 0.1) is 12.6 Å². The molecule has 0 atom stereocenters. The quantitative estimate of drug-likeness (QED) is 0.419. The maximum atomic E-state index is 11.1. The van der Waals surface area contributed by atoms with E-state index in [4.69, 9.17) is 4.74 Å². The van der Waals surface area contributed by atoms with Gasteiger partial charge >= 0.3 is 0 Å². The molecule has 2 heterocycles. The van der Waals surface area contributed by atoms with Gasteiger partial charge in [0.25, 0.3) is 0 Å². The van der Waals surface area contributed by atoms with Crippen molar-refractivity contribution in [3.05, 3.63) is 36.2 Å². The van der Waals surface area contributed by atoms with Crippen LogP contribution >= 0.6 is 11.8 Å². The van der Waals surface area contributed by atoms with Gasteiger partial charge in [0.1, 0.15) is 17.0 Å². The molecule has 100 valence electrons. The van der Waals surface area contributed by atoms with Gasteiger partial charge in [0.2, 0.25) is 0 Å². The zero-order valence-electron chi connectivity index (χ0n) is 11.1. The Hall–Kier alpha value is -2.14. The number of nitrogens with zero attached hydrogens (tertiary/aromatic N) is 2. The summed E-state index contributed by atoms with van der Waals surface area (Å²) in [5, 5.41) is 1.84. The van der Waals surface area contributed by atoms with E-state index >= 15 is 0 Å². The van der Waals surface area contributed by atoms with Crippen molar-refractivity contribution in [3.8, 4) is 5.75 Å². The van der Waals surface area contributed by atoms with Crippen molar-refractivity contribution in [2.24, 2.45) is 0 Å². The first-order valence-electron chi connectivity index (χ1n) is 6.04. The maximum Gasteiger partial charge on any atom is 0.168 e. The van der Waals surface area contributed by atoms with E-state index in [0.717, 1.165) is 38.7 Å². The Labute approximate surface area is 120 Å². The Morgan fingerprint density at radius 1 is 1.25 bits per heavy atom. The molecule has 2 aromatic heterocycles. The lowest BCUT2D eigenvalue weighted by molar-refractivity contribution is 0.111. The number of fused-ring (bicyclic) bond motifs is 3. The number of benzene rings is 1. The molecule has 0 saturated heterocycles. The third-order valence-corrected chi connectivity index (χ3v) is 3.95. The van der Waals surface area contributed by atoms with Gasteiger partial charge in [0, 0.05) is 21.9 Å². The van der Waals surface area contributed by atoms with Crippen LogP contribution in [0, 0.1) is 0 Å². The lowest BCUT2D eigenvalue weighted by Crippen LogP contribution is -1.95. The molecule has 0 amide bonds. The van der Waals surface area contributed by atoms with Crippen LogP contribution in [0.5, 0.6) is 5.75 Å². The Bertz CT molecular complexity index is 818. The third kappa shape index (κ3) is 1.91. The lowest BCUT2D eigenvalue weighted by Gasteiger charge is -2.11. The molecular weight excluding hydrogens is 272 g/mol. The first-order valence-corrected chi connectivity index (χ1v) is 7.26. The van der Waals surface area contributed by atoms with E-state index in [-0.39, 0.29) is 0 Å². The summed E-state index contributed by atoms with van der Waals surface area (Å²) in [6, 6.07) is 7.53. The molecule has 0 unspecified atom stereocenters. The van der Waals surface area contributed by atoms with Crippen LogP contribution in [0.1, 0.15) is 10.5 Å². The first-order chi connectivity index (χ1) is 9.78. The summed E-state index contributed by atoms with van der Waals surface area (Å²) in [6.07, 6.45) is 4.45. The fourth-order valence-corrected chi connectivity index (χ4v) is 2.88. The van der Waals surface area contributed by atoms with Crippen LogP contribution in [0.2, 0.25) is 0 Å². The van der Waals surface area contributed by atoms with Crippen molar-refractivity contribution < 1.29 is 9.53 Å². The number of carbonyl (C=O) groups is 1. The van der Waals surface area contributed by atoms with Gasteiger partial charge in [-0.05, 0) is 30.5 Å². The number of thioether (sulfide) groups is 1. The SMILES string of the molecule is COc1cc2c(SC)cc(C=O)nc2c2ncccc12. The smallest absolute Gasteiger partial charge is 0.168 e. The Morgan fingerprint density at radius 2 is 2.10 bits per heavy atom. The monoisotopic (exact) mass is 284 g/mol. The van der Waals surface area contributed by atoms with Gasteiger partial charge < -0.3 is 4.74 Å². The van der Waals surface area contributed by atoms with Crippen LogP contribution in [0.4, 0.5) is 0 Å². The number of hydrogen-bond acceptors (Lipinski definition) is 5. The Morgan fingerprint density at radius 3 is 2.80 bits per heavy atom. The van der Waals surface area contributed by atoms with E-state index < -0.39 is 0 Å². The van der Waals surface area contributed by atoms with Gasteiger partial charge in [-0.15, -0.1) is 11.8 Å². The minimum atomic E-state index is 0.416. The summed E-state index contributed by atoms with van der Waals surface area (Å²) in [4.78, 5) is 20.9. The lowest BCUT2D eigenvalue weighted by atomic mass is 10.1. The number of pyridine rings is 2. The standard InChI is InChI=1S/C15H12N2O2S/c1-19-12-7-11-13(20-2)6-9(8-18)17-15(11)14-10(12)4-3-5-16-14/h3-8H,1-2H3. The van der Waals surface area contributed by atoms with Gasteiger partial charge in [0.15, 0.2) is 6.29 Å². The number of carbonyl (C=O) groups excluding carboxylic acids is 1. The van der Waals surface area contributed by atoms with E-state index in [1.54, 1.807) is 31.1 Å². The predicted molar refractivity (Wildman–Crippen MR) is 80.8 cm³/mol. The van der Waals surface area contributed by atoms with Crippen LogP contribution < -0.4 is 4.74 Å². The van der Waals surface area contributed by atoms with Crippen molar-refractivity contribution in [1.29, 1.82) is 0 Å². The normalized spacial score (nSPS) is 10.9. The molecule has 4 nitrogen and oxygen atoms in total. The molecule has 0 aliphatic rings. The summed E-state index contributed by atoms with van der Waals surface area (Å²) >= 11 is 1.57. The van der Waals surface area contributed by atoms with Crippen LogP contribution in [0.25, 0.3) is 21.8 Å². The highest BCUT2D eigenvalue weighted by Crippen LogP contribution is 2.35. The highest BCUT2D eigenvalue weighted by atomic mass is 32.2. The number of hydrogen-bond donors (Lipinski definition) is 0. The first kappa shape index (κ1) is 12.9. The van der Waals surface area contributed by atoms with Crippen molar-refractivity contribution in [2.45, 2.75) is 4.90 Å². The van der Waals surface area contributed by atoms with Gasteiger partial charge in [-0.25, -0.2) is 4.98 Å². The molecule has 0 radical (unpaired) electrons. The largest absolute Gasteiger partial charge is 0.496 e. The second kappa shape index (κ2) is 5.09. The number of aldehydes is 1. The Balaban J connectivity index is 2.55. The minimum Gasteiger partial charge on any atom is -0.496 e. The molecular formula is C15H12N2O2S. The van der Waals surface area contributed by atoms with Crippen LogP contribution in [0.15, 0.2) is 35.4 Å². The Kier molecular flexibility index (Phi) is 3.28. The number of aromatic nitrogens is 2. The number of rotatable bonds is 3. The van der Waals surface area contributed by atoms with E-state index in [1.165, 1.54) is 0 Å². The van der Waals surface area contributed by atoms with E-state index in [2.05, 4.69) is 9.97 Å². The average molecular weight is 284 g/mol. The zero-order valence-corrected chi connectivity index (χ0v) is 11.9. The van der Waals surface area contributed by atoms with Crippen LogP contribution in [0.3, 0.4) is 0 Å². The van der Waals surface area contributed by atoms with Crippen molar-refractivity contribution in [2.75, 3.05) is 13.4 Å². The molecule has 0 aliphatic heterocycles. The molecule has 1 aromatic carbocycles. The van der Waals surface area contributed by atoms with Gasteiger partial charge in [-0.2, -0.15) is 0 Å².